The Hall–Kier alpha value is -2.99. The standard InChI is InChI=1S/C23H22N4OS/c1-23(2)12-16-19(17(28)13-23)20(14-8-4-3-5-9-14)26-21(24-16)27-22-25-15-10-6-7-11-18(15)29-22/h3-11,20H,12-13H2,1-2H3,(H2,24,25,26,27)/t20-/m0/s1. The summed E-state index contributed by atoms with van der Waals surface area (Å²) in [6.07, 6.45) is 1.37. The first kappa shape index (κ1) is 18.1. The predicted octanol–water partition coefficient (Wildman–Crippen LogP) is 5.05. The molecular formula is C23H22N4OS. The summed E-state index contributed by atoms with van der Waals surface area (Å²) in [5.41, 5.74) is 3.69. The summed E-state index contributed by atoms with van der Waals surface area (Å²) in [4.78, 5) is 22.6. The number of hydrogen-bond donors (Lipinski definition) is 2. The molecule has 0 saturated heterocycles. The minimum absolute atomic E-state index is 0.0670. The number of para-hydroxylation sites is 1. The van der Waals surface area contributed by atoms with Crippen LogP contribution in [0.4, 0.5) is 5.13 Å². The molecule has 0 fully saturated rings. The van der Waals surface area contributed by atoms with Gasteiger partial charge in [-0.05, 0) is 29.5 Å². The highest BCUT2D eigenvalue weighted by Gasteiger charge is 2.39. The Balaban J connectivity index is 1.54. The van der Waals surface area contributed by atoms with Crippen LogP contribution in [0.5, 0.6) is 0 Å². The molecule has 5 rings (SSSR count). The Morgan fingerprint density at radius 2 is 1.83 bits per heavy atom. The zero-order valence-electron chi connectivity index (χ0n) is 16.4. The fourth-order valence-electron chi connectivity index (χ4n) is 4.10. The van der Waals surface area contributed by atoms with Crippen molar-refractivity contribution in [2.45, 2.75) is 32.7 Å². The number of nitrogens with zero attached hydrogens (tertiary/aromatic N) is 2. The molecule has 0 amide bonds. The van der Waals surface area contributed by atoms with E-state index in [2.05, 4.69) is 35.5 Å². The number of fused-ring (bicyclic) bond motifs is 1. The molecule has 29 heavy (non-hydrogen) atoms. The number of Topliss-reactive ketones (excluding diaryl/α,β-unsaturated/α-hetero) is 1. The van der Waals surface area contributed by atoms with E-state index in [0.29, 0.717) is 12.4 Å². The van der Waals surface area contributed by atoms with Gasteiger partial charge < -0.3 is 10.6 Å². The maximum Gasteiger partial charge on any atom is 0.202 e. The third-order valence-electron chi connectivity index (χ3n) is 5.36. The molecule has 2 aliphatic rings. The molecule has 146 valence electrons. The minimum atomic E-state index is -0.298. The highest BCUT2D eigenvalue weighted by Crippen LogP contribution is 2.43. The van der Waals surface area contributed by atoms with Crippen molar-refractivity contribution in [2.75, 3.05) is 5.32 Å². The summed E-state index contributed by atoms with van der Waals surface area (Å²) in [6, 6.07) is 17.8. The quantitative estimate of drug-likeness (QED) is 0.629. The van der Waals surface area contributed by atoms with Crippen LogP contribution >= 0.6 is 11.3 Å². The summed E-state index contributed by atoms with van der Waals surface area (Å²) in [5.74, 6) is 0.822. The summed E-state index contributed by atoms with van der Waals surface area (Å²) in [6.45, 7) is 4.28. The Kier molecular flexibility index (Phi) is 4.24. The van der Waals surface area contributed by atoms with Crippen molar-refractivity contribution in [3.8, 4) is 0 Å². The predicted molar refractivity (Wildman–Crippen MR) is 118 cm³/mol. The second-order valence-electron chi connectivity index (χ2n) is 8.36. The minimum Gasteiger partial charge on any atom is -0.329 e. The number of nitrogens with one attached hydrogen (secondary N) is 2. The molecular weight excluding hydrogens is 380 g/mol. The molecule has 5 nitrogen and oxygen atoms in total. The fourth-order valence-corrected chi connectivity index (χ4v) is 4.96. The lowest BCUT2D eigenvalue weighted by Crippen LogP contribution is -2.41. The van der Waals surface area contributed by atoms with Crippen molar-refractivity contribution in [1.29, 1.82) is 0 Å². The zero-order chi connectivity index (χ0) is 20.0. The largest absolute Gasteiger partial charge is 0.329 e. The van der Waals surface area contributed by atoms with Crippen molar-refractivity contribution in [1.82, 2.24) is 10.3 Å². The average molecular weight is 403 g/mol. The number of hydrogen-bond acceptors (Lipinski definition) is 6. The number of carbonyl (C=O) groups is 1. The third-order valence-corrected chi connectivity index (χ3v) is 6.31. The first-order chi connectivity index (χ1) is 14.0. The van der Waals surface area contributed by atoms with Gasteiger partial charge in [0.05, 0.1) is 10.2 Å². The number of rotatable bonds is 2. The second kappa shape index (κ2) is 6.81. The molecule has 0 spiro atoms. The van der Waals surface area contributed by atoms with Crippen LogP contribution in [0.1, 0.15) is 38.3 Å². The van der Waals surface area contributed by atoms with Gasteiger partial charge in [-0.1, -0.05) is 67.6 Å². The summed E-state index contributed by atoms with van der Waals surface area (Å²) in [7, 11) is 0. The number of ketones is 1. The summed E-state index contributed by atoms with van der Waals surface area (Å²) in [5, 5.41) is 7.53. The number of anilines is 1. The lowest BCUT2D eigenvalue weighted by atomic mass is 9.73. The number of benzene rings is 2. The molecule has 2 heterocycles. The van der Waals surface area contributed by atoms with Crippen LogP contribution < -0.4 is 10.6 Å². The third kappa shape index (κ3) is 3.44. The maximum absolute atomic E-state index is 13.0. The number of aromatic nitrogens is 1. The van der Waals surface area contributed by atoms with Gasteiger partial charge in [-0.25, -0.2) is 9.98 Å². The van der Waals surface area contributed by atoms with E-state index < -0.39 is 0 Å². The van der Waals surface area contributed by atoms with Gasteiger partial charge in [-0.3, -0.25) is 4.79 Å². The SMILES string of the molecule is CC1(C)CC(=O)C2=C(C1)NC(Nc1nc3ccccc3s1)=N[C@H]2c1ccccc1. The van der Waals surface area contributed by atoms with E-state index in [1.165, 1.54) is 0 Å². The van der Waals surface area contributed by atoms with Crippen molar-refractivity contribution >= 4 is 38.4 Å². The number of aliphatic imine (C=N–C) groups is 1. The molecule has 0 bridgehead atoms. The summed E-state index contributed by atoms with van der Waals surface area (Å²) < 4.78 is 1.12. The normalized spacial score (nSPS) is 20.8. The maximum atomic E-state index is 13.0. The van der Waals surface area contributed by atoms with E-state index in [1.807, 2.05) is 48.5 Å². The van der Waals surface area contributed by atoms with Gasteiger partial charge in [-0.15, -0.1) is 0 Å². The van der Waals surface area contributed by atoms with Gasteiger partial charge >= 0.3 is 0 Å². The summed E-state index contributed by atoms with van der Waals surface area (Å²) >= 11 is 1.59. The Bertz CT molecular complexity index is 1130. The van der Waals surface area contributed by atoms with Crippen molar-refractivity contribution in [3.63, 3.8) is 0 Å². The molecule has 1 aliphatic carbocycles. The molecule has 0 radical (unpaired) electrons. The van der Waals surface area contributed by atoms with Gasteiger partial charge in [0.25, 0.3) is 0 Å². The lowest BCUT2D eigenvalue weighted by molar-refractivity contribution is -0.118. The van der Waals surface area contributed by atoms with E-state index in [1.54, 1.807) is 11.3 Å². The number of guanidine groups is 1. The zero-order valence-corrected chi connectivity index (χ0v) is 17.2. The van der Waals surface area contributed by atoms with Crippen LogP contribution in [-0.2, 0) is 4.79 Å². The van der Waals surface area contributed by atoms with Crippen LogP contribution in [0.3, 0.4) is 0 Å². The highest BCUT2D eigenvalue weighted by atomic mass is 32.1. The second-order valence-corrected chi connectivity index (χ2v) is 9.39. The highest BCUT2D eigenvalue weighted by molar-refractivity contribution is 7.22. The topological polar surface area (TPSA) is 66.4 Å². The molecule has 2 aromatic carbocycles. The smallest absolute Gasteiger partial charge is 0.202 e. The molecule has 6 heteroatoms. The lowest BCUT2D eigenvalue weighted by Gasteiger charge is -2.37. The van der Waals surface area contributed by atoms with Crippen LogP contribution in [0.15, 0.2) is 70.9 Å². The fraction of sp³-hybridized carbons (Fsp3) is 0.261. The van der Waals surface area contributed by atoms with Gasteiger partial charge in [0.2, 0.25) is 5.96 Å². The Morgan fingerprint density at radius 1 is 1.07 bits per heavy atom. The number of allylic oxidation sites excluding steroid dienone is 1. The van der Waals surface area contributed by atoms with Gasteiger partial charge in [-0.2, -0.15) is 0 Å². The Labute approximate surface area is 173 Å². The average Bonchev–Trinajstić information content (AvgIpc) is 3.09. The van der Waals surface area contributed by atoms with E-state index in [0.717, 1.165) is 38.6 Å². The van der Waals surface area contributed by atoms with Gasteiger partial charge in [0, 0.05) is 17.7 Å². The molecule has 1 atom stereocenters. The van der Waals surface area contributed by atoms with E-state index in [4.69, 9.17) is 4.99 Å². The Morgan fingerprint density at radius 3 is 2.62 bits per heavy atom. The first-order valence-electron chi connectivity index (χ1n) is 9.77. The van der Waals surface area contributed by atoms with Crippen LogP contribution in [0, 0.1) is 5.41 Å². The molecule has 1 aliphatic heterocycles. The first-order valence-corrected chi connectivity index (χ1v) is 10.6. The number of thiazole rings is 1. The monoisotopic (exact) mass is 402 g/mol. The van der Waals surface area contributed by atoms with Crippen molar-refractivity contribution < 1.29 is 4.79 Å². The molecule has 2 N–H and O–H groups in total. The van der Waals surface area contributed by atoms with E-state index in [-0.39, 0.29) is 17.2 Å². The molecule has 0 unspecified atom stereocenters. The van der Waals surface area contributed by atoms with Gasteiger partial charge in [0.15, 0.2) is 10.9 Å². The van der Waals surface area contributed by atoms with Gasteiger partial charge in [0.1, 0.15) is 6.04 Å². The molecule has 0 saturated carbocycles. The van der Waals surface area contributed by atoms with Crippen molar-refractivity contribution in [2.24, 2.45) is 10.4 Å². The van der Waals surface area contributed by atoms with E-state index >= 15 is 0 Å². The molecule has 1 aromatic heterocycles. The molecule has 3 aromatic rings. The van der Waals surface area contributed by atoms with Crippen LogP contribution in [-0.4, -0.2) is 16.7 Å². The number of carbonyl (C=O) groups excluding carboxylic acids is 1. The van der Waals surface area contributed by atoms with E-state index in [9.17, 15) is 4.79 Å². The van der Waals surface area contributed by atoms with Crippen LogP contribution in [0.2, 0.25) is 0 Å². The van der Waals surface area contributed by atoms with Crippen molar-refractivity contribution in [3.05, 3.63) is 71.4 Å². The van der Waals surface area contributed by atoms with Crippen LogP contribution in [0.25, 0.3) is 10.2 Å².